The molecule has 0 bridgehead atoms. The number of esters is 1. The standard InChI is InChI=1S/C16H16O2/c1-12-10-14(11-18-13(2)17)8-9-16(12)15-6-4-3-5-7-15/h3-10H,11H2,1-2H3. The van der Waals surface area contributed by atoms with Crippen LogP contribution in [-0.2, 0) is 16.1 Å². The molecule has 0 fully saturated rings. The summed E-state index contributed by atoms with van der Waals surface area (Å²) in [4.78, 5) is 10.8. The van der Waals surface area contributed by atoms with E-state index in [1.807, 2.05) is 24.3 Å². The van der Waals surface area contributed by atoms with Gasteiger partial charge >= 0.3 is 5.97 Å². The molecule has 0 radical (unpaired) electrons. The molecule has 2 nitrogen and oxygen atoms in total. The van der Waals surface area contributed by atoms with Crippen molar-refractivity contribution in [1.29, 1.82) is 0 Å². The van der Waals surface area contributed by atoms with Crippen LogP contribution in [0.25, 0.3) is 11.1 Å². The van der Waals surface area contributed by atoms with Gasteiger partial charge in [-0.15, -0.1) is 0 Å². The molecule has 0 aliphatic rings. The van der Waals surface area contributed by atoms with Crippen molar-refractivity contribution in [3.05, 3.63) is 59.7 Å². The second-order valence-corrected chi connectivity index (χ2v) is 4.30. The lowest BCUT2D eigenvalue weighted by atomic mass is 9.99. The van der Waals surface area contributed by atoms with E-state index in [0.717, 1.165) is 5.56 Å². The summed E-state index contributed by atoms with van der Waals surface area (Å²) >= 11 is 0. The molecule has 0 saturated heterocycles. The molecule has 18 heavy (non-hydrogen) atoms. The van der Waals surface area contributed by atoms with Gasteiger partial charge in [0, 0.05) is 6.92 Å². The highest BCUT2D eigenvalue weighted by Crippen LogP contribution is 2.24. The second kappa shape index (κ2) is 5.50. The third-order valence-electron chi connectivity index (χ3n) is 2.82. The topological polar surface area (TPSA) is 26.3 Å². The van der Waals surface area contributed by atoms with Crippen molar-refractivity contribution in [2.75, 3.05) is 0 Å². The number of hydrogen-bond acceptors (Lipinski definition) is 2. The highest BCUT2D eigenvalue weighted by Gasteiger charge is 2.03. The van der Waals surface area contributed by atoms with E-state index in [1.165, 1.54) is 23.6 Å². The van der Waals surface area contributed by atoms with Crippen molar-refractivity contribution in [3.63, 3.8) is 0 Å². The maximum Gasteiger partial charge on any atom is 0.302 e. The average Bonchev–Trinajstić information content (AvgIpc) is 2.37. The predicted molar refractivity (Wildman–Crippen MR) is 72.1 cm³/mol. The Morgan fingerprint density at radius 1 is 1.11 bits per heavy atom. The van der Waals surface area contributed by atoms with Crippen molar-refractivity contribution in [3.8, 4) is 11.1 Å². The molecule has 0 spiro atoms. The van der Waals surface area contributed by atoms with Gasteiger partial charge in [0.25, 0.3) is 0 Å². The smallest absolute Gasteiger partial charge is 0.302 e. The zero-order valence-electron chi connectivity index (χ0n) is 10.6. The Balaban J connectivity index is 2.23. The van der Waals surface area contributed by atoms with E-state index in [2.05, 4.69) is 31.2 Å². The fourth-order valence-electron chi connectivity index (χ4n) is 1.94. The van der Waals surface area contributed by atoms with Gasteiger partial charge in [0.2, 0.25) is 0 Å². The number of carbonyl (C=O) groups excluding carboxylic acids is 1. The molecule has 0 aliphatic heterocycles. The van der Waals surface area contributed by atoms with Crippen molar-refractivity contribution in [2.24, 2.45) is 0 Å². The molecule has 2 rings (SSSR count). The molecule has 2 heteroatoms. The highest BCUT2D eigenvalue weighted by molar-refractivity contribution is 5.68. The first kappa shape index (κ1) is 12.4. The van der Waals surface area contributed by atoms with Gasteiger partial charge in [0.1, 0.15) is 6.61 Å². The molecule has 0 heterocycles. The second-order valence-electron chi connectivity index (χ2n) is 4.30. The minimum Gasteiger partial charge on any atom is -0.461 e. The Labute approximate surface area is 107 Å². The fourth-order valence-corrected chi connectivity index (χ4v) is 1.94. The third-order valence-corrected chi connectivity index (χ3v) is 2.82. The number of benzene rings is 2. The van der Waals surface area contributed by atoms with Crippen LogP contribution in [0.15, 0.2) is 48.5 Å². The van der Waals surface area contributed by atoms with E-state index in [4.69, 9.17) is 4.74 Å². The zero-order valence-corrected chi connectivity index (χ0v) is 10.6. The summed E-state index contributed by atoms with van der Waals surface area (Å²) in [6.07, 6.45) is 0. The van der Waals surface area contributed by atoms with Crippen LogP contribution in [-0.4, -0.2) is 5.97 Å². The van der Waals surface area contributed by atoms with Crippen LogP contribution >= 0.6 is 0 Å². The Morgan fingerprint density at radius 3 is 2.44 bits per heavy atom. The molecule has 92 valence electrons. The van der Waals surface area contributed by atoms with Gasteiger partial charge in [0.15, 0.2) is 0 Å². The molecule has 0 saturated carbocycles. The maximum atomic E-state index is 10.8. The van der Waals surface area contributed by atoms with Crippen LogP contribution < -0.4 is 0 Å². The minimum absolute atomic E-state index is 0.250. The molecule has 2 aromatic rings. The molecular formula is C16H16O2. The van der Waals surface area contributed by atoms with Gasteiger partial charge in [-0.2, -0.15) is 0 Å². The van der Waals surface area contributed by atoms with Crippen LogP contribution in [0.1, 0.15) is 18.1 Å². The first-order valence-electron chi connectivity index (χ1n) is 5.95. The lowest BCUT2D eigenvalue weighted by Gasteiger charge is -2.09. The van der Waals surface area contributed by atoms with Crippen molar-refractivity contribution < 1.29 is 9.53 Å². The molecule has 0 amide bonds. The minimum atomic E-state index is -0.250. The first-order chi connectivity index (χ1) is 8.66. The number of carbonyl (C=O) groups is 1. The predicted octanol–water partition coefficient (Wildman–Crippen LogP) is 3.73. The lowest BCUT2D eigenvalue weighted by Crippen LogP contribution is -1.99. The van der Waals surface area contributed by atoms with Crippen LogP contribution in [0.5, 0.6) is 0 Å². The van der Waals surface area contributed by atoms with E-state index in [0.29, 0.717) is 6.61 Å². The van der Waals surface area contributed by atoms with Gasteiger partial charge < -0.3 is 4.74 Å². The fraction of sp³-hybridized carbons (Fsp3) is 0.188. The summed E-state index contributed by atoms with van der Waals surface area (Å²) in [5.74, 6) is -0.250. The van der Waals surface area contributed by atoms with Crippen molar-refractivity contribution in [1.82, 2.24) is 0 Å². The Hall–Kier alpha value is -2.09. The zero-order chi connectivity index (χ0) is 13.0. The first-order valence-corrected chi connectivity index (χ1v) is 5.95. The molecule has 0 aliphatic carbocycles. The van der Waals surface area contributed by atoms with E-state index in [9.17, 15) is 4.79 Å². The largest absolute Gasteiger partial charge is 0.461 e. The summed E-state index contributed by atoms with van der Waals surface area (Å²) in [5.41, 5.74) is 4.62. The number of hydrogen-bond donors (Lipinski definition) is 0. The van der Waals surface area contributed by atoms with E-state index >= 15 is 0 Å². The maximum absolute atomic E-state index is 10.8. The third kappa shape index (κ3) is 2.98. The SMILES string of the molecule is CC(=O)OCc1ccc(-c2ccccc2)c(C)c1. The monoisotopic (exact) mass is 240 g/mol. The van der Waals surface area contributed by atoms with E-state index in [1.54, 1.807) is 0 Å². The highest BCUT2D eigenvalue weighted by atomic mass is 16.5. The molecule has 0 N–H and O–H groups in total. The Bertz CT molecular complexity index is 544. The quantitative estimate of drug-likeness (QED) is 0.764. The number of ether oxygens (including phenoxy) is 1. The van der Waals surface area contributed by atoms with Gasteiger partial charge in [0.05, 0.1) is 0 Å². The summed E-state index contributed by atoms with van der Waals surface area (Å²) in [6, 6.07) is 16.4. The molecule has 2 aromatic carbocycles. The van der Waals surface area contributed by atoms with Crippen LogP contribution in [0.4, 0.5) is 0 Å². The van der Waals surface area contributed by atoms with Gasteiger partial charge in [-0.25, -0.2) is 0 Å². The van der Waals surface area contributed by atoms with Crippen molar-refractivity contribution in [2.45, 2.75) is 20.5 Å². The molecule has 0 unspecified atom stereocenters. The van der Waals surface area contributed by atoms with E-state index < -0.39 is 0 Å². The van der Waals surface area contributed by atoms with Gasteiger partial charge in [-0.3, -0.25) is 4.79 Å². The Kier molecular flexibility index (Phi) is 3.78. The summed E-state index contributed by atoms with van der Waals surface area (Å²) in [5, 5.41) is 0. The van der Waals surface area contributed by atoms with Gasteiger partial charge in [-0.1, -0.05) is 48.5 Å². The summed E-state index contributed by atoms with van der Waals surface area (Å²) in [7, 11) is 0. The van der Waals surface area contributed by atoms with Crippen LogP contribution in [0, 0.1) is 6.92 Å². The number of aryl methyl sites for hydroxylation is 1. The van der Waals surface area contributed by atoms with Gasteiger partial charge in [-0.05, 0) is 29.2 Å². The molecular weight excluding hydrogens is 224 g/mol. The molecule has 0 aromatic heterocycles. The number of rotatable bonds is 3. The Morgan fingerprint density at radius 2 is 1.83 bits per heavy atom. The van der Waals surface area contributed by atoms with Crippen LogP contribution in [0.3, 0.4) is 0 Å². The summed E-state index contributed by atoms with van der Waals surface area (Å²) in [6.45, 7) is 3.83. The van der Waals surface area contributed by atoms with Crippen molar-refractivity contribution >= 4 is 5.97 Å². The summed E-state index contributed by atoms with van der Waals surface area (Å²) < 4.78 is 4.99. The average molecular weight is 240 g/mol. The molecule has 0 atom stereocenters. The van der Waals surface area contributed by atoms with Crippen LogP contribution in [0.2, 0.25) is 0 Å². The normalized spacial score (nSPS) is 10.1. The van der Waals surface area contributed by atoms with E-state index in [-0.39, 0.29) is 5.97 Å². The lowest BCUT2D eigenvalue weighted by molar-refractivity contribution is -0.142.